The topological polar surface area (TPSA) is 73.5 Å². The van der Waals surface area contributed by atoms with Crippen LogP contribution in [0.2, 0.25) is 0 Å². The normalized spacial score (nSPS) is 19.5. The van der Waals surface area contributed by atoms with Gasteiger partial charge in [-0.15, -0.1) is 11.3 Å². The summed E-state index contributed by atoms with van der Waals surface area (Å²) in [6, 6.07) is 6.88. The molecule has 2 aromatic rings. The second kappa shape index (κ2) is 10.0. The summed E-state index contributed by atoms with van der Waals surface area (Å²) >= 11 is 1.67. The lowest BCUT2D eigenvalue weighted by molar-refractivity contribution is 0.140. The van der Waals surface area contributed by atoms with Crippen molar-refractivity contribution in [2.45, 2.75) is 39.8 Å². The summed E-state index contributed by atoms with van der Waals surface area (Å²) in [4.78, 5) is 18.3. The molecule has 0 bridgehead atoms. The first-order chi connectivity index (χ1) is 14.7. The number of guanidine groups is 1. The Labute approximate surface area is 189 Å². The zero-order valence-corrected chi connectivity index (χ0v) is 20.6. The van der Waals surface area contributed by atoms with Crippen LogP contribution in [0.5, 0.6) is 0 Å². The van der Waals surface area contributed by atoms with Gasteiger partial charge in [0, 0.05) is 49.6 Å². The molecular formula is C22H32N6OS2. The lowest BCUT2D eigenvalue weighted by Crippen LogP contribution is -2.48. The summed E-state index contributed by atoms with van der Waals surface area (Å²) in [5.74, 6) is 0.565. The molecule has 0 aliphatic carbocycles. The molecule has 1 aliphatic rings. The predicted octanol–water partition coefficient (Wildman–Crippen LogP) is 4.40. The predicted molar refractivity (Wildman–Crippen MR) is 134 cm³/mol. The molecule has 0 amide bonds. The van der Waals surface area contributed by atoms with E-state index in [1.165, 1.54) is 10.3 Å². The van der Waals surface area contributed by atoms with E-state index in [-0.39, 0.29) is 6.04 Å². The van der Waals surface area contributed by atoms with Crippen LogP contribution in [0, 0.1) is 0 Å². The van der Waals surface area contributed by atoms with Crippen molar-refractivity contribution in [2.24, 2.45) is 14.3 Å². The number of hydrogen-bond donors (Lipinski definition) is 0. The molecule has 168 valence electrons. The number of allylic oxidation sites excluding steroid dienone is 1. The summed E-state index contributed by atoms with van der Waals surface area (Å²) in [6.07, 6.45) is 3.27. The monoisotopic (exact) mass is 460 g/mol. The Balaban J connectivity index is 1.66. The quantitative estimate of drug-likeness (QED) is 0.490. The highest BCUT2D eigenvalue weighted by atomic mass is 32.2. The highest BCUT2D eigenvalue weighted by molar-refractivity contribution is 7.96. The number of piperazine rings is 1. The molecule has 0 radical (unpaired) electrons. The number of fused-ring (bicyclic) bond motifs is 1. The van der Waals surface area contributed by atoms with Crippen molar-refractivity contribution in [3.63, 3.8) is 0 Å². The van der Waals surface area contributed by atoms with Gasteiger partial charge in [0.25, 0.3) is 0 Å². The number of nitrogens with zero attached hydrogens (tertiary/aromatic N) is 6. The van der Waals surface area contributed by atoms with E-state index in [0.717, 1.165) is 31.7 Å². The molecule has 0 N–H and O–H groups in total. The smallest absolute Gasteiger partial charge is 0.224 e. The van der Waals surface area contributed by atoms with Gasteiger partial charge in [0.05, 0.1) is 31.5 Å². The van der Waals surface area contributed by atoms with Crippen molar-refractivity contribution < 1.29 is 4.21 Å². The Hall–Kier alpha value is -2.10. The first-order valence-corrected chi connectivity index (χ1v) is 13.3. The molecule has 31 heavy (non-hydrogen) atoms. The lowest BCUT2D eigenvalue weighted by atomic mass is 10.1. The van der Waals surface area contributed by atoms with Crippen LogP contribution in [-0.2, 0) is 9.73 Å². The molecule has 1 saturated heterocycles. The van der Waals surface area contributed by atoms with Crippen molar-refractivity contribution >= 4 is 44.0 Å². The minimum absolute atomic E-state index is 0.00752. The van der Waals surface area contributed by atoms with E-state index >= 15 is 0 Å². The molecule has 1 aromatic heterocycles. The van der Waals surface area contributed by atoms with Gasteiger partial charge < -0.3 is 4.90 Å². The van der Waals surface area contributed by atoms with Crippen LogP contribution in [0.15, 0.2) is 49.2 Å². The second-order valence-corrected chi connectivity index (χ2v) is 11.5. The SMILES string of the molecule is C=NC(=N/C=C(\C)S(C)(=O)=NC(C)C)N1CCN(C(C)c2ccc3scnc3c2)CC1. The van der Waals surface area contributed by atoms with E-state index in [1.807, 2.05) is 19.4 Å². The standard InChI is InChI=1S/C22H32N6OS2/c1-16(2)26-31(6,29)17(3)14-24-22(23-5)28-11-9-27(10-12-28)18(4)19-7-8-21-20(13-19)25-15-30-21/h7-8,13-16,18H,5,9-12H2,1-4,6H3/b17-14+,24-22?. The maximum atomic E-state index is 12.7. The molecule has 0 saturated carbocycles. The van der Waals surface area contributed by atoms with E-state index in [0.29, 0.717) is 16.9 Å². The molecule has 1 aliphatic heterocycles. The van der Waals surface area contributed by atoms with E-state index < -0.39 is 9.73 Å². The number of hydrogen-bond acceptors (Lipinski definition) is 6. The fourth-order valence-electron chi connectivity index (χ4n) is 3.61. The summed E-state index contributed by atoms with van der Waals surface area (Å²) in [5, 5.41) is 0. The van der Waals surface area contributed by atoms with Crippen molar-refractivity contribution in [3.8, 4) is 0 Å². The zero-order chi connectivity index (χ0) is 22.6. The Morgan fingerprint density at radius 1 is 1.26 bits per heavy atom. The molecule has 2 heterocycles. The molecule has 3 rings (SSSR count). The maximum absolute atomic E-state index is 12.7. The first kappa shape index (κ1) is 23.6. The van der Waals surface area contributed by atoms with Crippen molar-refractivity contribution in [1.29, 1.82) is 0 Å². The molecule has 7 nitrogen and oxygen atoms in total. The van der Waals surface area contributed by atoms with Crippen LogP contribution in [0.1, 0.15) is 39.3 Å². The van der Waals surface area contributed by atoms with Crippen LogP contribution >= 0.6 is 11.3 Å². The van der Waals surface area contributed by atoms with E-state index in [4.69, 9.17) is 0 Å². The molecule has 2 atom stereocenters. The fraction of sp³-hybridized carbons (Fsp3) is 0.500. The molecule has 2 unspecified atom stereocenters. The minimum atomic E-state index is -2.42. The summed E-state index contributed by atoms with van der Waals surface area (Å²) in [5.41, 5.74) is 4.25. The fourth-order valence-corrected chi connectivity index (χ4v) is 5.49. The van der Waals surface area contributed by atoms with Crippen LogP contribution in [0.3, 0.4) is 0 Å². The van der Waals surface area contributed by atoms with E-state index in [1.54, 1.807) is 30.7 Å². The van der Waals surface area contributed by atoms with Gasteiger partial charge in [-0.25, -0.2) is 23.5 Å². The van der Waals surface area contributed by atoms with Gasteiger partial charge in [-0.1, -0.05) is 6.07 Å². The van der Waals surface area contributed by atoms with Gasteiger partial charge in [0.2, 0.25) is 5.96 Å². The molecular weight excluding hydrogens is 428 g/mol. The van der Waals surface area contributed by atoms with Crippen LogP contribution in [-0.4, -0.2) is 70.1 Å². The first-order valence-electron chi connectivity index (χ1n) is 10.5. The summed E-state index contributed by atoms with van der Waals surface area (Å²) in [6.45, 7) is 15.0. The largest absolute Gasteiger partial charge is 0.338 e. The summed E-state index contributed by atoms with van der Waals surface area (Å²) < 4.78 is 18.3. The average molecular weight is 461 g/mol. The summed E-state index contributed by atoms with van der Waals surface area (Å²) in [7, 11) is -2.42. The highest BCUT2D eigenvalue weighted by Crippen LogP contribution is 2.26. The van der Waals surface area contributed by atoms with Crippen molar-refractivity contribution in [1.82, 2.24) is 14.8 Å². The molecule has 0 spiro atoms. The number of benzene rings is 1. The van der Waals surface area contributed by atoms with Gasteiger partial charge in [-0.05, 0) is 52.1 Å². The van der Waals surface area contributed by atoms with Gasteiger partial charge in [-0.3, -0.25) is 4.90 Å². The average Bonchev–Trinajstić information content (AvgIpc) is 3.21. The van der Waals surface area contributed by atoms with Crippen LogP contribution in [0.4, 0.5) is 0 Å². The van der Waals surface area contributed by atoms with Gasteiger partial charge in [0.1, 0.15) is 0 Å². The van der Waals surface area contributed by atoms with Gasteiger partial charge in [0.15, 0.2) is 0 Å². The van der Waals surface area contributed by atoms with Crippen molar-refractivity contribution in [2.75, 3.05) is 32.4 Å². The molecule has 1 aromatic carbocycles. The van der Waals surface area contributed by atoms with E-state index in [2.05, 4.69) is 61.0 Å². The molecule has 9 heteroatoms. The third-order valence-electron chi connectivity index (χ3n) is 5.49. The Morgan fingerprint density at radius 2 is 1.97 bits per heavy atom. The van der Waals surface area contributed by atoms with E-state index in [9.17, 15) is 4.21 Å². The van der Waals surface area contributed by atoms with Gasteiger partial charge in [-0.2, -0.15) is 0 Å². The maximum Gasteiger partial charge on any atom is 0.224 e. The van der Waals surface area contributed by atoms with Crippen molar-refractivity contribution in [3.05, 3.63) is 40.4 Å². The highest BCUT2D eigenvalue weighted by Gasteiger charge is 2.24. The van der Waals surface area contributed by atoms with Gasteiger partial charge >= 0.3 is 0 Å². The number of rotatable bonds is 5. The zero-order valence-electron chi connectivity index (χ0n) is 19.0. The lowest BCUT2D eigenvalue weighted by Gasteiger charge is -2.38. The van der Waals surface area contributed by atoms with Crippen LogP contribution < -0.4 is 0 Å². The molecule has 1 fully saturated rings. The third kappa shape index (κ3) is 5.78. The number of aliphatic imine (C=N–C) groups is 2. The number of thiazole rings is 1. The Bertz CT molecular complexity index is 1100. The third-order valence-corrected chi connectivity index (χ3v) is 8.43. The minimum Gasteiger partial charge on any atom is -0.338 e. The number of aromatic nitrogens is 1. The Morgan fingerprint density at radius 3 is 2.61 bits per heavy atom. The van der Waals surface area contributed by atoms with Crippen LogP contribution in [0.25, 0.3) is 10.2 Å². The second-order valence-electron chi connectivity index (χ2n) is 8.11. The Kier molecular flexibility index (Phi) is 7.61.